The lowest BCUT2D eigenvalue weighted by Gasteiger charge is -2.14. The Kier molecular flexibility index (Phi) is 3.07. The number of aromatic nitrogens is 1. The summed E-state index contributed by atoms with van der Waals surface area (Å²) in [4.78, 5) is 4.62. The molecule has 1 heterocycles. The van der Waals surface area contributed by atoms with Gasteiger partial charge < -0.3 is 10.4 Å². The molecule has 1 aromatic rings. The number of hydrogen-bond donors (Lipinski definition) is 2. The molecule has 0 saturated heterocycles. The first-order valence-corrected chi connectivity index (χ1v) is 6.64. The van der Waals surface area contributed by atoms with Crippen molar-refractivity contribution in [3.8, 4) is 0 Å². The molecule has 2 rings (SSSR count). The van der Waals surface area contributed by atoms with Crippen molar-refractivity contribution in [2.45, 2.75) is 51.1 Å². The molecular weight excluding hydrogens is 220 g/mol. The quantitative estimate of drug-likeness (QED) is 0.846. The van der Waals surface area contributed by atoms with Crippen molar-refractivity contribution in [1.29, 1.82) is 0 Å². The summed E-state index contributed by atoms with van der Waals surface area (Å²) in [6.07, 6.45) is 2.17. The Morgan fingerprint density at radius 2 is 2.19 bits per heavy atom. The molecule has 1 aliphatic rings. The zero-order valence-corrected chi connectivity index (χ0v) is 11.0. The second-order valence-electron chi connectivity index (χ2n) is 5.69. The molecular formula is C12H20N2OS. The van der Waals surface area contributed by atoms with Crippen LogP contribution in [0.1, 0.15) is 44.3 Å². The van der Waals surface area contributed by atoms with Gasteiger partial charge in [-0.05, 0) is 12.8 Å². The van der Waals surface area contributed by atoms with Crippen molar-refractivity contribution in [2.75, 3.05) is 6.61 Å². The molecule has 90 valence electrons. The van der Waals surface area contributed by atoms with Gasteiger partial charge in [-0.1, -0.05) is 20.8 Å². The van der Waals surface area contributed by atoms with Crippen molar-refractivity contribution in [1.82, 2.24) is 10.3 Å². The normalized spacial score (nSPS) is 18.8. The third-order valence-electron chi connectivity index (χ3n) is 2.99. The third kappa shape index (κ3) is 2.62. The Morgan fingerprint density at radius 3 is 2.62 bits per heavy atom. The van der Waals surface area contributed by atoms with Crippen LogP contribution >= 0.6 is 11.3 Å². The predicted octanol–water partition coefficient (Wildman–Crippen LogP) is 2.06. The van der Waals surface area contributed by atoms with Crippen molar-refractivity contribution >= 4 is 11.3 Å². The Labute approximate surface area is 101 Å². The van der Waals surface area contributed by atoms with Gasteiger partial charge in [0.1, 0.15) is 0 Å². The molecule has 3 nitrogen and oxygen atoms in total. The molecule has 16 heavy (non-hydrogen) atoms. The van der Waals surface area contributed by atoms with Crippen LogP contribution in [0.5, 0.6) is 0 Å². The topological polar surface area (TPSA) is 45.2 Å². The van der Waals surface area contributed by atoms with E-state index in [0.29, 0.717) is 0 Å². The van der Waals surface area contributed by atoms with E-state index in [1.807, 2.05) is 0 Å². The fourth-order valence-corrected chi connectivity index (χ4v) is 2.46. The zero-order chi connectivity index (χ0) is 11.8. The Hall–Kier alpha value is -0.450. The monoisotopic (exact) mass is 240 g/mol. The van der Waals surface area contributed by atoms with Crippen molar-refractivity contribution in [3.63, 3.8) is 0 Å². The van der Waals surface area contributed by atoms with E-state index in [4.69, 9.17) is 0 Å². The lowest BCUT2D eigenvalue weighted by atomic mass is 9.98. The molecule has 1 fully saturated rings. The number of aliphatic hydroxyl groups is 1. The highest BCUT2D eigenvalue weighted by molar-refractivity contribution is 7.09. The molecule has 1 aromatic heterocycles. The van der Waals surface area contributed by atoms with E-state index in [1.54, 1.807) is 11.3 Å². The second kappa shape index (κ2) is 4.09. The molecule has 1 aliphatic carbocycles. The average Bonchev–Trinajstić information content (AvgIpc) is 2.83. The summed E-state index contributed by atoms with van der Waals surface area (Å²) in [7, 11) is 0. The summed E-state index contributed by atoms with van der Waals surface area (Å²) in [5.74, 6) is 0. The Bertz CT molecular complexity index is 363. The van der Waals surface area contributed by atoms with E-state index in [9.17, 15) is 5.11 Å². The van der Waals surface area contributed by atoms with Gasteiger partial charge in [0.25, 0.3) is 0 Å². The van der Waals surface area contributed by atoms with Crippen LogP contribution in [0.3, 0.4) is 0 Å². The molecule has 4 heteroatoms. The number of hydrogen-bond acceptors (Lipinski definition) is 4. The molecule has 0 amide bonds. The predicted molar refractivity (Wildman–Crippen MR) is 66.7 cm³/mol. The van der Waals surface area contributed by atoms with Gasteiger partial charge in [0.2, 0.25) is 0 Å². The molecule has 1 saturated carbocycles. The number of rotatable bonds is 4. The highest BCUT2D eigenvalue weighted by Crippen LogP contribution is 2.35. The molecule has 2 N–H and O–H groups in total. The maximum absolute atomic E-state index is 9.19. The van der Waals surface area contributed by atoms with Crippen LogP contribution in [-0.2, 0) is 12.0 Å². The summed E-state index contributed by atoms with van der Waals surface area (Å²) in [5.41, 5.74) is 1.23. The van der Waals surface area contributed by atoms with E-state index in [0.717, 1.165) is 25.1 Å². The van der Waals surface area contributed by atoms with Gasteiger partial charge in [0, 0.05) is 22.9 Å². The van der Waals surface area contributed by atoms with Gasteiger partial charge in [-0.15, -0.1) is 11.3 Å². The van der Waals surface area contributed by atoms with Gasteiger partial charge in [-0.3, -0.25) is 0 Å². The highest BCUT2D eigenvalue weighted by Gasteiger charge is 2.41. The first kappa shape index (κ1) is 12.0. The van der Waals surface area contributed by atoms with E-state index in [2.05, 4.69) is 36.5 Å². The van der Waals surface area contributed by atoms with Crippen molar-refractivity contribution < 1.29 is 5.11 Å². The summed E-state index contributed by atoms with van der Waals surface area (Å²) in [6.45, 7) is 7.55. The van der Waals surface area contributed by atoms with Crippen LogP contribution in [0.4, 0.5) is 0 Å². The lowest BCUT2D eigenvalue weighted by molar-refractivity contribution is 0.229. The minimum atomic E-state index is 0.00547. The van der Waals surface area contributed by atoms with Gasteiger partial charge in [0.15, 0.2) is 0 Å². The van der Waals surface area contributed by atoms with Crippen molar-refractivity contribution in [3.05, 3.63) is 16.1 Å². The number of aliphatic hydroxyl groups excluding tert-OH is 1. The summed E-state index contributed by atoms with van der Waals surface area (Å²) < 4.78 is 0. The van der Waals surface area contributed by atoms with E-state index in [-0.39, 0.29) is 17.6 Å². The number of nitrogens with zero attached hydrogens (tertiary/aromatic N) is 1. The third-order valence-corrected chi connectivity index (χ3v) is 4.31. The summed E-state index contributed by atoms with van der Waals surface area (Å²) in [6, 6.07) is 0. The minimum Gasteiger partial charge on any atom is -0.394 e. The van der Waals surface area contributed by atoms with Gasteiger partial charge in [-0.25, -0.2) is 4.98 Å². The SMILES string of the molecule is CC(C)(C)c1nc(CNC2(CO)CC2)cs1. The van der Waals surface area contributed by atoms with Crippen LogP contribution in [0, 0.1) is 0 Å². The molecule has 0 atom stereocenters. The molecule has 0 bridgehead atoms. The van der Waals surface area contributed by atoms with Crippen molar-refractivity contribution in [2.24, 2.45) is 0 Å². The number of nitrogens with one attached hydrogen (secondary N) is 1. The fraction of sp³-hybridized carbons (Fsp3) is 0.750. The maximum atomic E-state index is 9.19. The zero-order valence-electron chi connectivity index (χ0n) is 10.2. The second-order valence-corrected chi connectivity index (χ2v) is 6.54. The van der Waals surface area contributed by atoms with Crippen LogP contribution in [0.2, 0.25) is 0 Å². The van der Waals surface area contributed by atoms with Gasteiger partial charge in [0.05, 0.1) is 17.3 Å². The molecule has 0 spiro atoms. The molecule has 0 aromatic carbocycles. The molecule has 0 aliphatic heterocycles. The van der Waals surface area contributed by atoms with E-state index >= 15 is 0 Å². The molecule has 0 unspecified atom stereocenters. The largest absolute Gasteiger partial charge is 0.394 e. The van der Waals surface area contributed by atoms with Gasteiger partial charge in [-0.2, -0.15) is 0 Å². The lowest BCUT2D eigenvalue weighted by Crippen LogP contribution is -2.34. The first-order chi connectivity index (χ1) is 7.45. The van der Waals surface area contributed by atoms with Gasteiger partial charge >= 0.3 is 0 Å². The van der Waals surface area contributed by atoms with Crippen LogP contribution < -0.4 is 5.32 Å². The van der Waals surface area contributed by atoms with E-state index in [1.165, 1.54) is 5.01 Å². The van der Waals surface area contributed by atoms with E-state index < -0.39 is 0 Å². The Balaban J connectivity index is 1.93. The molecule has 0 radical (unpaired) electrons. The van der Waals surface area contributed by atoms with Crippen LogP contribution in [0.15, 0.2) is 5.38 Å². The van der Waals surface area contributed by atoms with Crippen LogP contribution in [-0.4, -0.2) is 22.2 Å². The first-order valence-electron chi connectivity index (χ1n) is 5.76. The standard InChI is InChI=1S/C12H20N2OS/c1-11(2,3)10-14-9(7-16-10)6-13-12(8-15)4-5-12/h7,13,15H,4-6,8H2,1-3H3. The average molecular weight is 240 g/mol. The number of thiazole rings is 1. The van der Waals surface area contributed by atoms with Crippen LogP contribution in [0.25, 0.3) is 0 Å². The minimum absolute atomic E-state index is 0.00547. The Morgan fingerprint density at radius 1 is 1.50 bits per heavy atom. The smallest absolute Gasteiger partial charge is 0.0982 e. The summed E-state index contributed by atoms with van der Waals surface area (Å²) in [5, 5.41) is 15.9. The maximum Gasteiger partial charge on any atom is 0.0982 e. The highest BCUT2D eigenvalue weighted by atomic mass is 32.1. The fourth-order valence-electron chi connectivity index (χ4n) is 1.55. The summed E-state index contributed by atoms with van der Waals surface area (Å²) >= 11 is 1.72.